The molecule has 5 nitrogen and oxygen atoms in total. The number of piperidine rings is 1. The average Bonchev–Trinajstić information content (AvgIpc) is 3.16. The number of hydrogen-bond acceptors (Lipinski definition) is 4. The van der Waals surface area contributed by atoms with Gasteiger partial charge in [-0.1, -0.05) is 23.7 Å². The Morgan fingerprint density at radius 1 is 1.21 bits per heavy atom. The maximum Gasteiger partial charge on any atom is 0.263 e. The molecule has 1 amide bonds. The Morgan fingerprint density at radius 3 is 2.52 bits per heavy atom. The first-order valence-electron chi connectivity index (χ1n) is 10.00. The summed E-state index contributed by atoms with van der Waals surface area (Å²) in [6.45, 7) is 7.02. The molecule has 29 heavy (non-hydrogen) atoms. The van der Waals surface area contributed by atoms with Gasteiger partial charge in [-0.2, -0.15) is 0 Å². The Kier molecular flexibility index (Phi) is 5.50. The molecule has 0 spiro atoms. The van der Waals surface area contributed by atoms with Crippen LogP contribution in [0.3, 0.4) is 0 Å². The van der Waals surface area contributed by atoms with Crippen LogP contribution in [0.2, 0.25) is 5.02 Å². The van der Waals surface area contributed by atoms with Crippen molar-refractivity contribution in [2.45, 2.75) is 45.6 Å². The molecule has 0 N–H and O–H groups in total. The fourth-order valence-corrected chi connectivity index (χ4v) is 4.01. The van der Waals surface area contributed by atoms with Crippen molar-refractivity contribution in [1.29, 1.82) is 0 Å². The summed E-state index contributed by atoms with van der Waals surface area (Å²) >= 11 is 6.22. The van der Waals surface area contributed by atoms with E-state index in [2.05, 4.69) is 4.98 Å². The molecule has 1 fully saturated rings. The van der Waals surface area contributed by atoms with Crippen molar-refractivity contribution in [1.82, 2.24) is 9.88 Å². The summed E-state index contributed by atoms with van der Waals surface area (Å²) in [6.07, 6.45) is 1.13. The molecule has 0 aliphatic carbocycles. The molecule has 0 bridgehead atoms. The first-order valence-corrected chi connectivity index (χ1v) is 10.4. The molecule has 1 aromatic heterocycles. The van der Waals surface area contributed by atoms with Gasteiger partial charge >= 0.3 is 0 Å². The third-order valence-corrected chi connectivity index (χ3v) is 6.13. The number of aryl methyl sites for hydroxylation is 2. The lowest BCUT2D eigenvalue weighted by Crippen LogP contribution is -2.44. The quantitative estimate of drug-likeness (QED) is 0.585. The van der Waals surface area contributed by atoms with E-state index < -0.39 is 6.10 Å². The van der Waals surface area contributed by atoms with Crippen LogP contribution in [0, 0.1) is 13.8 Å². The van der Waals surface area contributed by atoms with Crippen molar-refractivity contribution in [3.63, 3.8) is 0 Å². The summed E-state index contributed by atoms with van der Waals surface area (Å²) in [5, 5.41) is 0.734. The number of hydrogen-bond donors (Lipinski definition) is 0. The van der Waals surface area contributed by atoms with Gasteiger partial charge in [-0.3, -0.25) is 4.79 Å². The van der Waals surface area contributed by atoms with Gasteiger partial charge in [0.2, 0.25) is 0 Å². The van der Waals surface area contributed by atoms with Crippen molar-refractivity contribution in [3.8, 4) is 5.75 Å². The highest BCUT2D eigenvalue weighted by Gasteiger charge is 2.30. The summed E-state index contributed by atoms with van der Waals surface area (Å²) in [7, 11) is 0. The van der Waals surface area contributed by atoms with E-state index in [-0.39, 0.29) is 11.8 Å². The van der Waals surface area contributed by atoms with Gasteiger partial charge in [0.25, 0.3) is 5.91 Å². The molecular formula is C23H25ClN2O3. The Hall–Kier alpha value is -2.53. The minimum atomic E-state index is -0.546. The SMILES string of the molecule is Cc1cc(O[C@H](C)C(=O)N2CCC(c3nc4ccccc4o3)CC2)cc(C)c1Cl. The normalized spacial score (nSPS) is 16.2. The first-order chi connectivity index (χ1) is 13.9. The molecule has 0 radical (unpaired) electrons. The third-order valence-electron chi connectivity index (χ3n) is 5.54. The summed E-state index contributed by atoms with van der Waals surface area (Å²) in [6, 6.07) is 11.5. The zero-order valence-electron chi connectivity index (χ0n) is 16.9. The highest BCUT2D eigenvalue weighted by Crippen LogP contribution is 2.31. The average molecular weight is 413 g/mol. The monoisotopic (exact) mass is 412 g/mol. The zero-order valence-corrected chi connectivity index (χ0v) is 17.7. The van der Waals surface area contributed by atoms with E-state index in [1.807, 2.05) is 55.1 Å². The number of aromatic nitrogens is 1. The number of fused-ring (bicyclic) bond motifs is 1. The number of rotatable bonds is 4. The predicted molar refractivity (Wildman–Crippen MR) is 114 cm³/mol. The Labute approximate surface area is 175 Å². The van der Waals surface area contributed by atoms with E-state index in [1.165, 1.54) is 0 Å². The Balaban J connectivity index is 1.37. The number of para-hydroxylation sites is 2. The van der Waals surface area contributed by atoms with E-state index in [0.717, 1.165) is 46.0 Å². The fraction of sp³-hybridized carbons (Fsp3) is 0.391. The van der Waals surface area contributed by atoms with Crippen LogP contribution >= 0.6 is 11.6 Å². The summed E-state index contributed by atoms with van der Waals surface area (Å²) < 4.78 is 11.8. The number of nitrogens with zero attached hydrogens (tertiary/aromatic N) is 2. The summed E-state index contributed by atoms with van der Waals surface area (Å²) in [5.41, 5.74) is 3.59. The van der Waals surface area contributed by atoms with Crippen LogP contribution in [0.1, 0.15) is 42.7 Å². The van der Waals surface area contributed by atoms with Crippen LogP contribution in [-0.4, -0.2) is 35.0 Å². The van der Waals surface area contributed by atoms with Crippen molar-refractivity contribution in [2.24, 2.45) is 0 Å². The number of halogens is 1. The maximum atomic E-state index is 12.9. The number of benzene rings is 2. The van der Waals surface area contributed by atoms with E-state index in [0.29, 0.717) is 18.8 Å². The largest absolute Gasteiger partial charge is 0.481 e. The predicted octanol–water partition coefficient (Wildman–Crippen LogP) is 5.27. The highest BCUT2D eigenvalue weighted by atomic mass is 35.5. The lowest BCUT2D eigenvalue weighted by atomic mass is 9.96. The minimum Gasteiger partial charge on any atom is -0.481 e. The van der Waals surface area contributed by atoms with Gasteiger partial charge in [-0.05, 0) is 69.0 Å². The number of amides is 1. The van der Waals surface area contributed by atoms with Crippen LogP contribution in [0.5, 0.6) is 5.75 Å². The lowest BCUT2D eigenvalue weighted by Gasteiger charge is -2.32. The highest BCUT2D eigenvalue weighted by molar-refractivity contribution is 6.32. The number of likely N-dealkylation sites (tertiary alicyclic amines) is 1. The number of carbonyl (C=O) groups is 1. The zero-order chi connectivity index (χ0) is 20.5. The molecule has 3 aromatic rings. The van der Waals surface area contributed by atoms with Gasteiger partial charge < -0.3 is 14.1 Å². The van der Waals surface area contributed by atoms with Gasteiger partial charge in [0.1, 0.15) is 11.3 Å². The van der Waals surface area contributed by atoms with Crippen molar-refractivity contribution in [3.05, 3.63) is 58.4 Å². The maximum absolute atomic E-state index is 12.9. The fourth-order valence-electron chi connectivity index (χ4n) is 3.90. The molecule has 0 saturated carbocycles. The number of ether oxygens (including phenoxy) is 1. The van der Waals surface area contributed by atoms with E-state index >= 15 is 0 Å². The van der Waals surface area contributed by atoms with Crippen LogP contribution in [0.25, 0.3) is 11.1 Å². The first kappa shape index (κ1) is 19.8. The molecule has 2 heterocycles. The van der Waals surface area contributed by atoms with Crippen LogP contribution in [-0.2, 0) is 4.79 Å². The molecule has 4 rings (SSSR count). The van der Waals surface area contributed by atoms with Crippen LogP contribution in [0.4, 0.5) is 0 Å². The standard InChI is InChI=1S/C23H25ClN2O3/c1-14-12-18(13-15(2)21(14)24)28-16(3)23(27)26-10-8-17(9-11-26)22-25-19-6-4-5-7-20(19)29-22/h4-7,12-13,16-17H,8-11H2,1-3H3/t16-/m1/s1. The van der Waals surface area contributed by atoms with Gasteiger partial charge in [0, 0.05) is 24.0 Å². The summed E-state index contributed by atoms with van der Waals surface area (Å²) in [4.78, 5) is 19.3. The smallest absolute Gasteiger partial charge is 0.263 e. The molecule has 0 unspecified atom stereocenters. The van der Waals surface area contributed by atoms with Gasteiger partial charge in [-0.25, -0.2) is 4.98 Å². The number of carbonyl (C=O) groups excluding carboxylic acids is 1. The van der Waals surface area contributed by atoms with Gasteiger partial charge in [-0.15, -0.1) is 0 Å². The van der Waals surface area contributed by atoms with Gasteiger partial charge in [0.15, 0.2) is 17.6 Å². The van der Waals surface area contributed by atoms with E-state index in [1.54, 1.807) is 6.92 Å². The lowest BCUT2D eigenvalue weighted by molar-refractivity contribution is -0.139. The molecule has 2 aromatic carbocycles. The second-order valence-electron chi connectivity index (χ2n) is 7.75. The van der Waals surface area contributed by atoms with E-state index in [9.17, 15) is 4.79 Å². The molecule has 1 aliphatic rings. The second kappa shape index (κ2) is 8.07. The molecule has 1 saturated heterocycles. The summed E-state index contributed by atoms with van der Waals surface area (Å²) in [5.74, 6) is 1.69. The van der Waals surface area contributed by atoms with Crippen molar-refractivity contribution >= 4 is 28.6 Å². The van der Waals surface area contributed by atoms with Crippen LogP contribution < -0.4 is 4.74 Å². The third kappa shape index (κ3) is 4.10. The molecule has 1 atom stereocenters. The molecule has 152 valence electrons. The topological polar surface area (TPSA) is 55.6 Å². The molecule has 6 heteroatoms. The second-order valence-corrected chi connectivity index (χ2v) is 8.13. The van der Waals surface area contributed by atoms with Crippen molar-refractivity contribution < 1.29 is 13.9 Å². The molecule has 1 aliphatic heterocycles. The Bertz CT molecular complexity index is 982. The number of oxazole rings is 1. The van der Waals surface area contributed by atoms with Gasteiger partial charge in [0.05, 0.1) is 0 Å². The minimum absolute atomic E-state index is 0.00581. The van der Waals surface area contributed by atoms with Crippen LogP contribution in [0.15, 0.2) is 40.8 Å². The van der Waals surface area contributed by atoms with Crippen molar-refractivity contribution in [2.75, 3.05) is 13.1 Å². The van der Waals surface area contributed by atoms with E-state index in [4.69, 9.17) is 20.8 Å². The molecular weight excluding hydrogens is 388 g/mol. The Morgan fingerprint density at radius 2 is 1.86 bits per heavy atom.